The van der Waals surface area contributed by atoms with Gasteiger partial charge in [0.1, 0.15) is 0 Å². The SMILES string of the molecule is CC1(C)CC2CC(C)(C(=O)N3CCC4(CCNCC4)CC3)CC(c3ccccc3)(C2)C1. The number of hydrogen-bond donors (Lipinski definition) is 1. The molecule has 2 bridgehead atoms. The average molecular weight is 423 g/mol. The van der Waals surface area contributed by atoms with Crippen LogP contribution in [0.5, 0.6) is 0 Å². The van der Waals surface area contributed by atoms with Crippen LogP contribution in [0.1, 0.15) is 84.1 Å². The maximum Gasteiger partial charge on any atom is 0.228 e. The molecule has 2 heterocycles. The van der Waals surface area contributed by atoms with Gasteiger partial charge < -0.3 is 10.2 Å². The number of benzene rings is 1. The average Bonchev–Trinajstić information content (AvgIpc) is 2.73. The second-order valence-electron chi connectivity index (χ2n) is 12.7. The number of fused-ring (bicyclic) bond motifs is 2. The minimum absolute atomic E-state index is 0.155. The molecule has 3 heteroatoms. The molecule has 3 atom stereocenters. The van der Waals surface area contributed by atoms with Crippen LogP contribution >= 0.6 is 0 Å². The van der Waals surface area contributed by atoms with Crippen LogP contribution in [0, 0.1) is 22.2 Å². The van der Waals surface area contributed by atoms with Crippen molar-refractivity contribution in [2.75, 3.05) is 26.2 Å². The summed E-state index contributed by atoms with van der Waals surface area (Å²) in [6.07, 6.45) is 10.8. The standard InChI is InChI=1S/C28H42N2O/c1-25(2)17-22-18-26(3,21-28(19-22,20-25)23-7-5-4-6-8-23)24(31)30-15-11-27(12-16-30)9-13-29-14-10-27/h4-8,22,29H,9-21H2,1-3H3. The van der Waals surface area contributed by atoms with Crippen LogP contribution < -0.4 is 5.32 Å². The number of nitrogens with zero attached hydrogens (tertiary/aromatic N) is 1. The Morgan fingerprint density at radius 1 is 0.903 bits per heavy atom. The van der Waals surface area contributed by atoms with E-state index >= 15 is 0 Å². The molecule has 1 spiro atoms. The Kier molecular flexibility index (Phi) is 5.28. The van der Waals surface area contributed by atoms with Crippen molar-refractivity contribution in [3.05, 3.63) is 35.9 Å². The van der Waals surface area contributed by atoms with Crippen molar-refractivity contribution < 1.29 is 4.79 Å². The van der Waals surface area contributed by atoms with Gasteiger partial charge in [0, 0.05) is 18.5 Å². The van der Waals surface area contributed by atoms with Gasteiger partial charge in [-0.1, -0.05) is 51.1 Å². The molecule has 2 aliphatic heterocycles. The molecule has 1 aromatic carbocycles. The van der Waals surface area contributed by atoms with Crippen molar-refractivity contribution in [1.29, 1.82) is 0 Å². The highest BCUT2D eigenvalue weighted by molar-refractivity contribution is 5.83. The zero-order chi connectivity index (χ0) is 21.7. The van der Waals surface area contributed by atoms with Crippen molar-refractivity contribution in [2.45, 2.75) is 84.0 Å². The highest BCUT2D eigenvalue weighted by Gasteiger charge is 2.56. The molecule has 4 aliphatic rings. The smallest absolute Gasteiger partial charge is 0.228 e. The fourth-order valence-electron chi connectivity index (χ4n) is 8.50. The molecule has 1 amide bonds. The van der Waals surface area contributed by atoms with Crippen LogP contribution in [-0.4, -0.2) is 37.0 Å². The van der Waals surface area contributed by atoms with Gasteiger partial charge in [-0.15, -0.1) is 0 Å². The molecule has 0 aromatic heterocycles. The number of carbonyl (C=O) groups excluding carboxylic acids is 1. The van der Waals surface area contributed by atoms with Gasteiger partial charge in [-0.05, 0) is 98.6 Å². The largest absolute Gasteiger partial charge is 0.342 e. The van der Waals surface area contributed by atoms with Gasteiger partial charge in [0.25, 0.3) is 0 Å². The monoisotopic (exact) mass is 422 g/mol. The van der Waals surface area contributed by atoms with Gasteiger partial charge in [0.15, 0.2) is 0 Å². The molecule has 31 heavy (non-hydrogen) atoms. The Morgan fingerprint density at radius 3 is 2.26 bits per heavy atom. The van der Waals surface area contributed by atoms with Crippen LogP contribution in [0.3, 0.4) is 0 Å². The predicted molar refractivity (Wildman–Crippen MR) is 127 cm³/mol. The highest BCUT2D eigenvalue weighted by atomic mass is 16.2. The normalized spacial score (nSPS) is 36.9. The second-order valence-corrected chi connectivity index (χ2v) is 12.7. The predicted octanol–water partition coefficient (Wildman–Crippen LogP) is 5.54. The van der Waals surface area contributed by atoms with Gasteiger partial charge in [0.2, 0.25) is 5.91 Å². The van der Waals surface area contributed by atoms with Gasteiger partial charge in [-0.2, -0.15) is 0 Å². The Morgan fingerprint density at radius 2 is 1.58 bits per heavy atom. The number of hydrogen-bond acceptors (Lipinski definition) is 2. The third kappa shape index (κ3) is 3.96. The van der Waals surface area contributed by atoms with Crippen molar-refractivity contribution in [3.8, 4) is 0 Å². The number of rotatable bonds is 2. The van der Waals surface area contributed by atoms with Gasteiger partial charge >= 0.3 is 0 Å². The zero-order valence-electron chi connectivity index (χ0n) is 20.0. The molecule has 2 aliphatic carbocycles. The second kappa shape index (κ2) is 7.61. The molecular formula is C28H42N2O. The number of piperidine rings is 2. The molecule has 170 valence electrons. The fraction of sp³-hybridized carbons (Fsp3) is 0.750. The summed E-state index contributed by atoms with van der Waals surface area (Å²) in [6.45, 7) is 11.5. The molecule has 3 nitrogen and oxygen atoms in total. The lowest BCUT2D eigenvalue weighted by atomic mass is 9.47. The summed E-state index contributed by atoms with van der Waals surface area (Å²) in [5.41, 5.74) is 2.27. The summed E-state index contributed by atoms with van der Waals surface area (Å²) in [4.78, 5) is 16.3. The number of likely N-dealkylation sites (tertiary alicyclic amines) is 1. The van der Waals surface area contributed by atoms with E-state index in [2.05, 4.69) is 61.3 Å². The summed E-state index contributed by atoms with van der Waals surface area (Å²) >= 11 is 0. The van der Waals surface area contributed by atoms with Crippen LogP contribution in [0.25, 0.3) is 0 Å². The number of amides is 1. The first-order chi connectivity index (χ1) is 14.7. The minimum atomic E-state index is -0.214. The summed E-state index contributed by atoms with van der Waals surface area (Å²) in [5.74, 6) is 1.12. The van der Waals surface area contributed by atoms with Crippen LogP contribution in [-0.2, 0) is 10.2 Å². The Labute approximate surface area is 189 Å². The van der Waals surface area contributed by atoms with Crippen molar-refractivity contribution >= 4 is 5.91 Å². The first-order valence-electron chi connectivity index (χ1n) is 12.8. The summed E-state index contributed by atoms with van der Waals surface area (Å²) in [6, 6.07) is 11.2. The topological polar surface area (TPSA) is 32.3 Å². The molecule has 1 N–H and O–H groups in total. The number of carbonyl (C=O) groups is 1. The molecule has 3 unspecified atom stereocenters. The number of nitrogens with one attached hydrogen (secondary N) is 1. The van der Waals surface area contributed by atoms with Crippen molar-refractivity contribution in [2.24, 2.45) is 22.2 Å². The fourth-order valence-corrected chi connectivity index (χ4v) is 8.50. The van der Waals surface area contributed by atoms with Gasteiger partial charge in [-0.25, -0.2) is 0 Å². The van der Waals surface area contributed by atoms with E-state index in [1.807, 2.05) is 0 Å². The summed E-state index contributed by atoms with van der Waals surface area (Å²) < 4.78 is 0. The quantitative estimate of drug-likeness (QED) is 0.678. The van der Waals surface area contributed by atoms with Gasteiger partial charge in [0.05, 0.1) is 0 Å². The van der Waals surface area contributed by atoms with Crippen LogP contribution in [0.2, 0.25) is 0 Å². The van der Waals surface area contributed by atoms with E-state index in [4.69, 9.17) is 0 Å². The van der Waals surface area contributed by atoms with E-state index in [0.717, 1.165) is 39.0 Å². The first kappa shape index (κ1) is 21.5. The lowest BCUT2D eigenvalue weighted by molar-refractivity contribution is -0.151. The Balaban J connectivity index is 1.37. The van der Waals surface area contributed by atoms with Gasteiger partial charge in [-0.3, -0.25) is 4.79 Å². The van der Waals surface area contributed by atoms with Crippen molar-refractivity contribution in [3.63, 3.8) is 0 Å². The lowest BCUT2D eigenvalue weighted by Crippen LogP contribution is -2.56. The molecule has 2 saturated carbocycles. The molecule has 0 radical (unpaired) electrons. The third-order valence-electron chi connectivity index (χ3n) is 9.48. The van der Waals surface area contributed by atoms with E-state index < -0.39 is 0 Å². The summed E-state index contributed by atoms with van der Waals surface area (Å²) in [5, 5.41) is 3.52. The lowest BCUT2D eigenvalue weighted by Gasteiger charge is -2.58. The Hall–Kier alpha value is -1.35. The first-order valence-corrected chi connectivity index (χ1v) is 12.8. The summed E-state index contributed by atoms with van der Waals surface area (Å²) in [7, 11) is 0. The highest BCUT2D eigenvalue weighted by Crippen LogP contribution is 2.61. The molecule has 2 saturated heterocycles. The molecule has 1 aromatic rings. The molecular weight excluding hydrogens is 380 g/mol. The van der Waals surface area contributed by atoms with Crippen molar-refractivity contribution in [1.82, 2.24) is 10.2 Å². The maximum atomic E-state index is 14.0. The van der Waals surface area contributed by atoms with E-state index in [9.17, 15) is 4.79 Å². The van der Waals surface area contributed by atoms with E-state index in [1.54, 1.807) is 0 Å². The van der Waals surface area contributed by atoms with E-state index in [1.165, 1.54) is 50.5 Å². The maximum absolute atomic E-state index is 14.0. The third-order valence-corrected chi connectivity index (χ3v) is 9.48. The van der Waals surface area contributed by atoms with E-state index in [0.29, 0.717) is 22.7 Å². The van der Waals surface area contributed by atoms with Crippen LogP contribution in [0.4, 0.5) is 0 Å². The molecule has 4 fully saturated rings. The van der Waals surface area contributed by atoms with Crippen LogP contribution in [0.15, 0.2) is 30.3 Å². The molecule has 5 rings (SSSR count). The minimum Gasteiger partial charge on any atom is -0.342 e. The van der Waals surface area contributed by atoms with E-state index in [-0.39, 0.29) is 10.8 Å². The Bertz CT molecular complexity index is 802. The zero-order valence-corrected chi connectivity index (χ0v) is 20.0.